The molecule has 1 aromatic carbocycles. The van der Waals surface area contributed by atoms with E-state index >= 15 is 0 Å². The number of nitrogens with one attached hydrogen (secondary N) is 2. The summed E-state index contributed by atoms with van der Waals surface area (Å²) in [6.07, 6.45) is 0.990. The Hall–Kier alpha value is -2.13. The fourth-order valence-electron chi connectivity index (χ4n) is 3.60. The zero-order valence-corrected chi connectivity index (χ0v) is 17.7. The van der Waals surface area contributed by atoms with Crippen molar-refractivity contribution in [3.8, 4) is 0 Å². The van der Waals surface area contributed by atoms with Crippen LogP contribution in [0.5, 0.6) is 0 Å². The Morgan fingerprint density at radius 2 is 1.71 bits per heavy atom. The topological polar surface area (TPSA) is 105 Å². The quantitative estimate of drug-likeness (QED) is 0.740. The summed E-state index contributed by atoms with van der Waals surface area (Å²) < 4.78 is 32.4. The molecule has 0 radical (unpaired) electrons. The summed E-state index contributed by atoms with van der Waals surface area (Å²) in [7, 11) is -2.33. The lowest BCUT2D eigenvalue weighted by Gasteiger charge is -2.31. The number of amides is 2. The molecule has 2 rings (SSSR count). The molecule has 1 aliphatic heterocycles. The molecular formula is C19H29N3O5S. The van der Waals surface area contributed by atoms with Crippen LogP contribution in [0.4, 0.5) is 4.79 Å². The SMILES string of the molecule is COC(=O)N1CCC(NC(=O)CCNS(=O)(=O)c2c(C)cc(C)cc2C)CC1. The van der Waals surface area contributed by atoms with Crippen LogP contribution in [-0.2, 0) is 19.6 Å². The van der Waals surface area contributed by atoms with Gasteiger partial charge in [-0.05, 0) is 44.7 Å². The number of sulfonamides is 1. The van der Waals surface area contributed by atoms with Crippen molar-refractivity contribution in [3.05, 3.63) is 28.8 Å². The van der Waals surface area contributed by atoms with Crippen molar-refractivity contribution >= 4 is 22.0 Å². The van der Waals surface area contributed by atoms with E-state index in [1.54, 1.807) is 18.7 Å². The third-order valence-electron chi connectivity index (χ3n) is 4.81. The van der Waals surface area contributed by atoms with Crippen molar-refractivity contribution in [1.29, 1.82) is 0 Å². The molecule has 9 heteroatoms. The number of hydrogen-bond donors (Lipinski definition) is 2. The maximum atomic E-state index is 12.6. The first-order valence-corrected chi connectivity index (χ1v) is 10.8. The number of benzene rings is 1. The summed E-state index contributed by atoms with van der Waals surface area (Å²) >= 11 is 0. The number of piperidine rings is 1. The van der Waals surface area contributed by atoms with Gasteiger partial charge in [0.25, 0.3) is 0 Å². The Morgan fingerprint density at radius 3 is 2.25 bits per heavy atom. The van der Waals surface area contributed by atoms with Crippen LogP contribution in [0.1, 0.15) is 36.0 Å². The number of carbonyl (C=O) groups excluding carboxylic acids is 2. The molecule has 2 amide bonds. The number of likely N-dealkylation sites (tertiary alicyclic amines) is 1. The second-order valence-electron chi connectivity index (χ2n) is 7.17. The number of rotatable bonds is 6. The Bertz CT molecular complexity index is 807. The van der Waals surface area contributed by atoms with E-state index < -0.39 is 10.0 Å². The molecule has 0 unspecified atom stereocenters. The lowest BCUT2D eigenvalue weighted by molar-refractivity contribution is -0.121. The summed E-state index contributed by atoms with van der Waals surface area (Å²) in [5.41, 5.74) is 2.38. The first kappa shape index (κ1) is 22.2. The highest BCUT2D eigenvalue weighted by Crippen LogP contribution is 2.21. The third kappa shape index (κ3) is 5.68. The monoisotopic (exact) mass is 411 g/mol. The van der Waals surface area contributed by atoms with Crippen LogP contribution in [0.2, 0.25) is 0 Å². The van der Waals surface area contributed by atoms with Crippen LogP contribution in [-0.4, -0.2) is 58.1 Å². The maximum absolute atomic E-state index is 12.6. The van der Waals surface area contributed by atoms with Gasteiger partial charge in [0.2, 0.25) is 15.9 Å². The summed E-state index contributed by atoms with van der Waals surface area (Å²) in [5.74, 6) is -0.212. The molecule has 0 saturated carbocycles. The van der Waals surface area contributed by atoms with Gasteiger partial charge >= 0.3 is 6.09 Å². The molecule has 8 nitrogen and oxygen atoms in total. The van der Waals surface area contributed by atoms with Crippen molar-refractivity contribution in [2.24, 2.45) is 0 Å². The minimum absolute atomic E-state index is 0.0217. The van der Waals surface area contributed by atoms with Crippen LogP contribution in [0.25, 0.3) is 0 Å². The zero-order chi connectivity index (χ0) is 20.9. The Kier molecular flexibility index (Phi) is 7.42. The molecule has 1 fully saturated rings. The Morgan fingerprint density at radius 1 is 1.14 bits per heavy atom. The lowest BCUT2D eigenvalue weighted by Crippen LogP contribution is -2.47. The number of nitrogens with zero attached hydrogens (tertiary/aromatic N) is 1. The number of carbonyl (C=O) groups is 2. The van der Waals surface area contributed by atoms with Gasteiger partial charge in [-0.2, -0.15) is 0 Å². The van der Waals surface area contributed by atoms with Gasteiger partial charge in [-0.3, -0.25) is 4.79 Å². The predicted octanol–water partition coefficient (Wildman–Crippen LogP) is 1.63. The first-order valence-electron chi connectivity index (χ1n) is 9.34. The Balaban J connectivity index is 1.82. The van der Waals surface area contributed by atoms with Gasteiger partial charge in [-0.15, -0.1) is 0 Å². The molecule has 0 spiro atoms. The molecule has 0 bridgehead atoms. The summed E-state index contributed by atoms with van der Waals surface area (Å²) in [5, 5.41) is 2.90. The third-order valence-corrected chi connectivity index (χ3v) is 6.58. The molecule has 1 saturated heterocycles. The fourth-order valence-corrected chi connectivity index (χ4v) is 5.08. The average molecular weight is 412 g/mol. The van der Waals surface area contributed by atoms with Gasteiger partial charge < -0.3 is 15.0 Å². The molecular weight excluding hydrogens is 382 g/mol. The van der Waals surface area contributed by atoms with Gasteiger partial charge in [0.05, 0.1) is 12.0 Å². The van der Waals surface area contributed by atoms with Crippen LogP contribution in [0.15, 0.2) is 17.0 Å². The standard InChI is InChI=1S/C19H29N3O5S/c1-13-11-14(2)18(15(3)12-13)28(25,26)20-8-5-17(23)21-16-6-9-22(10-7-16)19(24)27-4/h11-12,16,20H,5-10H2,1-4H3,(H,21,23). The Labute approximate surface area is 166 Å². The summed E-state index contributed by atoms with van der Waals surface area (Å²) in [6, 6.07) is 3.63. The van der Waals surface area contributed by atoms with E-state index in [2.05, 4.69) is 14.8 Å². The molecule has 0 aromatic heterocycles. The van der Waals surface area contributed by atoms with Crippen molar-refractivity contribution in [3.63, 3.8) is 0 Å². The highest BCUT2D eigenvalue weighted by atomic mass is 32.2. The van der Waals surface area contributed by atoms with Crippen LogP contribution in [0, 0.1) is 20.8 Å². The van der Waals surface area contributed by atoms with Gasteiger partial charge in [-0.1, -0.05) is 17.7 Å². The number of ether oxygens (including phenoxy) is 1. The van der Waals surface area contributed by atoms with Crippen molar-refractivity contribution in [2.45, 2.75) is 51.0 Å². The molecule has 1 aliphatic rings. The summed E-state index contributed by atoms with van der Waals surface area (Å²) in [4.78, 5) is 25.5. The van der Waals surface area contributed by atoms with Crippen LogP contribution in [0.3, 0.4) is 0 Å². The van der Waals surface area contributed by atoms with E-state index in [4.69, 9.17) is 0 Å². The molecule has 2 N–H and O–H groups in total. The van der Waals surface area contributed by atoms with E-state index in [0.29, 0.717) is 37.1 Å². The van der Waals surface area contributed by atoms with Crippen molar-refractivity contribution < 1.29 is 22.7 Å². The van der Waals surface area contributed by atoms with E-state index in [-0.39, 0.29) is 35.9 Å². The maximum Gasteiger partial charge on any atom is 0.409 e. The smallest absolute Gasteiger partial charge is 0.409 e. The second-order valence-corrected chi connectivity index (χ2v) is 8.88. The van der Waals surface area contributed by atoms with E-state index in [0.717, 1.165) is 5.56 Å². The van der Waals surface area contributed by atoms with Crippen molar-refractivity contribution in [1.82, 2.24) is 14.9 Å². The molecule has 1 heterocycles. The lowest BCUT2D eigenvalue weighted by atomic mass is 10.1. The zero-order valence-electron chi connectivity index (χ0n) is 16.9. The number of hydrogen-bond acceptors (Lipinski definition) is 5. The summed E-state index contributed by atoms with van der Waals surface area (Å²) in [6.45, 7) is 6.53. The largest absolute Gasteiger partial charge is 0.453 e. The molecule has 28 heavy (non-hydrogen) atoms. The predicted molar refractivity (Wildman–Crippen MR) is 106 cm³/mol. The van der Waals surface area contributed by atoms with E-state index in [1.807, 2.05) is 19.1 Å². The highest BCUT2D eigenvalue weighted by Gasteiger charge is 2.24. The minimum Gasteiger partial charge on any atom is -0.453 e. The molecule has 1 aromatic rings. The van der Waals surface area contributed by atoms with Gasteiger partial charge in [0.1, 0.15) is 0 Å². The van der Waals surface area contributed by atoms with Gasteiger partial charge in [-0.25, -0.2) is 17.9 Å². The first-order chi connectivity index (χ1) is 13.1. The van der Waals surface area contributed by atoms with Gasteiger partial charge in [0.15, 0.2) is 0 Å². The fraction of sp³-hybridized carbons (Fsp3) is 0.579. The number of methoxy groups -OCH3 is 1. The molecule has 156 valence electrons. The van der Waals surface area contributed by atoms with Crippen LogP contribution >= 0.6 is 0 Å². The average Bonchev–Trinajstić information content (AvgIpc) is 2.60. The van der Waals surface area contributed by atoms with Gasteiger partial charge in [0, 0.05) is 32.1 Å². The number of aryl methyl sites for hydroxylation is 3. The second kappa shape index (κ2) is 9.38. The normalized spacial score (nSPS) is 15.4. The van der Waals surface area contributed by atoms with E-state index in [9.17, 15) is 18.0 Å². The van der Waals surface area contributed by atoms with E-state index in [1.165, 1.54) is 7.11 Å². The highest BCUT2D eigenvalue weighted by molar-refractivity contribution is 7.89. The molecule has 0 aliphatic carbocycles. The molecule has 0 atom stereocenters. The van der Waals surface area contributed by atoms with Crippen LogP contribution < -0.4 is 10.0 Å². The van der Waals surface area contributed by atoms with Crippen molar-refractivity contribution in [2.75, 3.05) is 26.7 Å². The minimum atomic E-state index is -3.67.